The largest absolute Gasteiger partial charge is 0.491 e. The van der Waals surface area contributed by atoms with Gasteiger partial charge in [0.2, 0.25) is 0 Å². The van der Waals surface area contributed by atoms with Crippen molar-refractivity contribution in [3.8, 4) is 16.2 Å². The number of nitrogens with one attached hydrogen (secondary N) is 1. The number of hydrogen-bond donors (Lipinski definition) is 1. The molecule has 0 saturated heterocycles. The second-order valence-electron chi connectivity index (χ2n) is 4.75. The first-order chi connectivity index (χ1) is 9.63. The van der Waals surface area contributed by atoms with Crippen molar-refractivity contribution in [3.63, 3.8) is 0 Å². The molecule has 0 spiro atoms. The van der Waals surface area contributed by atoms with E-state index in [-0.39, 0.29) is 11.7 Å². The molecule has 2 heterocycles. The third-order valence-electron chi connectivity index (χ3n) is 2.81. The molecule has 0 aliphatic rings. The van der Waals surface area contributed by atoms with E-state index in [1.165, 1.54) is 17.7 Å². The topological polar surface area (TPSA) is 55.0 Å². The van der Waals surface area contributed by atoms with Crippen molar-refractivity contribution in [2.24, 2.45) is 0 Å². The van der Waals surface area contributed by atoms with Gasteiger partial charge < -0.3 is 9.72 Å². The van der Waals surface area contributed by atoms with Crippen LogP contribution in [0.2, 0.25) is 0 Å². The van der Waals surface area contributed by atoms with Gasteiger partial charge in [-0.2, -0.15) is 0 Å². The van der Waals surface area contributed by atoms with Crippen LogP contribution >= 0.6 is 11.3 Å². The summed E-state index contributed by atoms with van der Waals surface area (Å²) >= 11 is 1.44. The van der Waals surface area contributed by atoms with Crippen LogP contribution in [0.15, 0.2) is 41.5 Å². The molecule has 0 unspecified atom stereocenters. The van der Waals surface area contributed by atoms with Crippen LogP contribution in [-0.2, 0) is 0 Å². The molecule has 0 fully saturated rings. The van der Waals surface area contributed by atoms with Gasteiger partial charge in [-0.15, -0.1) is 11.3 Å². The predicted molar refractivity (Wildman–Crippen MR) is 81.4 cm³/mol. The monoisotopic (exact) mass is 286 g/mol. The summed E-state index contributed by atoms with van der Waals surface area (Å²) in [6, 6.07) is 9.81. The molecular formula is C15H14N2O2S. The van der Waals surface area contributed by atoms with Crippen molar-refractivity contribution >= 4 is 21.6 Å². The molecule has 4 nitrogen and oxygen atoms in total. The molecule has 0 aliphatic heterocycles. The number of aromatic nitrogens is 2. The van der Waals surface area contributed by atoms with Gasteiger partial charge in [0.05, 0.1) is 17.9 Å². The smallest absolute Gasteiger partial charge is 0.268 e. The Hall–Kier alpha value is -2.14. The van der Waals surface area contributed by atoms with Gasteiger partial charge in [-0.05, 0) is 37.6 Å². The summed E-state index contributed by atoms with van der Waals surface area (Å²) in [5.41, 5.74) is 1.66. The summed E-state index contributed by atoms with van der Waals surface area (Å²) in [7, 11) is 0. The number of benzene rings is 1. The molecule has 0 bridgehead atoms. The van der Waals surface area contributed by atoms with E-state index in [0.29, 0.717) is 4.70 Å². The normalized spacial score (nSPS) is 11.2. The second kappa shape index (κ2) is 5.09. The standard InChI is InChI=1S/C15H14N2O2S/c1-9(2)19-11-5-3-4-10(6-11)13-7-12-14(20-13)15(18)17-8-16-12/h3-9H,1-2H3,(H,16,17,18). The lowest BCUT2D eigenvalue weighted by Gasteiger charge is -2.10. The van der Waals surface area contributed by atoms with Crippen molar-refractivity contribution in [2.75, 3.05) is 0 Å². The molecule has 0 atom stereocenters. The van der Waals surface area contributed by atoms with Gasteiger partial charge in [-0.1, -0.05) is 12.1 Å². The molecule has 0 radical (unpaired) electrons. The van der Waals surface area contributed by atoms with Crippen LogP contribution in [0.5, 0.6) is 5.75 Å². The first kappa shape index (κ1) is 12.9. The zero-order chi connectivity index (χ0) is 14.1. The van der Waals surface area contributed by atoms with Gasteiger partial charge in [0.1, 0.15) is 10.4 Å². The summed E-state index contributed by atoms with van der Waals surface area (Å²) in [6.45, 7) is 3.99. The first-order valence-corrected chi connectivity index (χ1v) is 7.19. The maximum atomic E-state index is 11.7. The number of aromatic amines is 1. The van der Waals surface area contributed by atoms with Crippen molar-refractivity contribution < 1.29 is 4.74 Å². The molecule has 0 aliphatic carbocycles. The summed E-state index contributed by atoms with van der Waals surface area (Å²) in [6.07, 6.45) is 1.57. The van der Waals surface area contributed by atoms with Crippen molar-refractivity contribution in [1.29, 1.82) is 0 Å². The first-order valence-electron chi connectivity index (χ1n) is 6.38. The van der Waals surface area contributed by atoms with E-state index in [0.717, 1.165) is 21.7 Å². The number of rotatable bonds is 3. The number of ether oxygens (including phenoxy) is 1. The van der Waals surface area contributed by atoms with Gasteiger partial charge in [0.15, 0.2) is 0 Å². The van der Waals surface area contributed by atoms with Gasteiger partial charge in [0.25, 0.3) is 5.56 Å². The summed E-state index contributed by atoms with van der Waals surface area (Å²) in [4.78, 5) is 19.5. The third kappa shape index (κ3) is 2.44. The molecule has 2 aromatic heterocycles. The van der Waals surface area contributed by atoms with Crippen LogP contribution in [-0.4, -0.2) is 16.1 Å². The van der Waals surface area contributed by atoms with E-state index in [4.69, 9.17) is 4.74 Å². The second-order valence-corrected chi connectivity index (χ2v) is 5.80. The zero-order valence-electron chi connectivity index (χ0n) is 11.2. The van der Waals surface area contributed by atoms with Crippen LogP contribution in [0, 0.1) is 0 Å². The molecule has 1 N–H and O–H groups in total. The number of hydrogen-bond acceptors (Lipinski definition) is 4. The maximum absolute atomic E-state index is 11.7. The summed E-state index contributed by atoms with van der Waals surface area (Å²) in [5.74, 6) is 0.830. The Morgan fingerprint density at radius 1 is 1.30 bits per heavy atom. The minimum atomic E-state index is -0.0964. The number of H-pyrrole nitrogens is 1. The lowest BCUT2D eigenvalue weighted by molar-refractivity contribution is 0.242. The lowest BCUT2D eigenvalue weighted by atomic mass is 10.2. The molecule has 20 heavy (non-hydrogen) atoms. The van der Waals surface area contributed by atoms with Crippen LogP contribution in [0.3, 0.4) is 0 Å². The van der Waals surface area contributed by atoms with E-state index in [1.807, 2.05) is 44.2 Å². The highest BCUT2D eigenvalue weighted by Crippen LogP contribution is 2.32. The van der Waals surface area contributed by atoms with E-state index >= 15 is 0 Å². The van der Waals surface area contributed by atoms with Crippen LogP contribution in [0.1, 0.15) is 13.8 Å². The van der Waals surface area contributed by atoms with Crippen molar-refractivity contribution in [3.05, 3.63) is 47.0 Å². The van der Waals surface area contributed by atoms with Crippen molar-refractivity contribution in [2.45, 2.75) is 20.0 Å². The fraction of sp³-hybridized carbons (Fsp3) is 0.200. The molecule has 5 heteroatoms. The Bertz CT molecular complexity index is 805. The minimum absolute atomic E-state index is 0.0964. The van der Waals surface area contributed by atoms with E-state index in [1.54, 1.807) is 0 Å². The minimum Gasteiger partial charge on any atom is -0.491 e. The number of fused-ring (bicyclic) bond motifs is 1. The third-order valence-corrected chi connectivity index (χ3v) is 3.98. The SMILES string of the molecule is CC(C)Oc1cccc(-c2cc3nc[nH]c(=O)c3s2)c1. The quantitative estimate of drug-likeness (QED) is 0.802. The molecule has 3 rings (SSSR count). The fourth-order valence-electron chi connectivity index (χ4n) is 2.00. The van der Waals surface area contributed by atoms with Gasteiger partial charge in [-0.3, -0.25) is 4.79 Å². The Morgan fingerprint density at radius 2 is 2.15 bits per heavy atom. The lowest BCUT2D eigenvalue weighted by Crippen LogP contribution is -2.05. The van der Waals surface area contributed by atoms with Gasteiger partial charge in [-0.25, -0.2) is 4.98 Å². The predicted octanol–water partition coefficient (Wildman–Crippen LogP) is 3.44. The van der Waals surface area contributed by atoms with Gasteiger partial charge in [0, 0.05) is 4.88 Å². The highest BCUT2D eigenvalue weighted by atomic mass is 32.1. The Kier molecular flexibility index (Phi) is 3.28. The van der Waals surface area contributed by atoms with E-state index < -0.39 is 0 Å². The maximum Gasteiger partial charge on any atom is 0.268 e. The molecule has 3 aromatic rings. The number of nitrogens with zero attached hydrogens (tertiary/aromatic N) is 1. The Morgan fingerprint density at radius 3 is 2.90 bits per heavy atom. The average Bonchev–Trinajstić information content (AvgIpc) is 2.84. The Balaban J connectivity index is 2.06. The molecule has 1 aromatic carbocycles. The number of thiophene rings is 1. The summed E-state index contributed by atoms with van der Waals surface area (Å²) < 4.78 is 6.35. The van der Waals surface area contributed by atoms with E-state index in [2.05, 4.69) is 9.97 Å². The highest BCUT2D eigenvalue weighted by Gasteiger charge is 2.09. The zero-order valence-corrected chi connectivity index (χ0v) is 12.0. The molecule has 102 valence electrons. The molecule has 0 amide bonds. The van der Waals surface area contributed by atoms with E-state index in [9.17, 15) is 4.79 Å². The van der Waals surface area contributed by atoms with Crippen LogP contribution < -0.4 is 10.3 Å². The van der Waals surface area contributed by atoms with Crippen LogP contribution in [0.4, 0.5) is 0 Å². The van der Waals surface area contributed by atoms with Gasteiger partial charge >= 0.3 is 0 Å². The fourth-order valence-corrected chi connectivity index (χ4v) is 3.01. The van der Waals surface area contributed by atoms with Crippen molar-refractivity contribution in [1.82, 2.24) is 9.97 Å². The Labute approximate surface area is 120 Å². The average molecular weight is 286 g/mol. The summed E-state index contributed by atoms with van der Waals surface area (Å²) in [5, 5.41) is 0. The molecule has 0 saturated carbocycles. The van der Waals surface area contributed by atoms with Crippen LogP contribution in [0.25, 0.3) is 20.7 Å². The highest BCUT2D eigenvalue weighted by molar-refractivity contribution is 7.22. The molecular weight excluding hydrogens is 272 g/mol.